The normalized spacial score (nSPS) is 10.8. The SMILES string of the molecule is N#CCc1ccc(COP(=S)(S)OCc2ccc(CC#N)cc2)cc1. The fourth-order valence-corrected chi connectivity index (χ4v) is 3.40. The van der Waals surface area contributed by atoms with Gasteiger partial charge in [-0.25, -0.2) is 0 Å². The van der Waals surface area contributed by atoms with Crippen molar-refractivity contribution in [3.05, 3.63) is 70.8 Å². The first-order chi connectivity index (χ1) is 12.0. The maximum atomic E-state index is 8.67. The molecule has 0 spiro atoms. The summed E-state index contributed by atoms with van der Waals surface area (Å²) in [6.45, 7) is 0.628. The van der Waals surface area contributed by atoms with Gasteiger partial charge in [0.25, 0.3) is 0 Å². The zero-order valence-corrected chi connectivity index (χ0v) is 16.1. The summed E-state index contributed by atoms with van der Waals surface area (Å²) in [7, 11) is 0. The Labute approximate surface area is 158 Å². The lowest BCUT2D eigenvalue weighted by Crippen LogP contribution is -1.94. The highest BCUT2D eigenvalue weighted by Crippen LogP contribution is 2.54. The molecule has 0 radical (unpaired) electrons. The molecule has 2 aromatic carbocycles. The van der Waals surface area contributed by atoms with Crippen LogP contribution in [0.2, 0.25) is 0 Å². The fourth-order valence-electron chi connectivity index (χ4n) is 2.04. The quantitative estimate of drug-likeness (QED) is 0.524. The second kappa shape index (κ2) is 9.73. The highest BCUT2D eigenvalue weighted by atomic mass is 32.9. The van der Waals surface area contributed by atoms with Gasteiger partial charge in [0.2, 0.25) is 5.69 Å². The van der Waals surface area contributed by atoms with Crippen molar-refractivity contribution >= 4 is 29.7 Å². The molecule has 0 aliphatic carbocycles. The molecule has 0 saturated carbocycles. The summed E-state index contributed by atoms with van der Waals surface area (Å²) in [6.07, 6.45) is 0.782. The number of hydrogen-bond acceptors (Lipinski definition) is 5. The van der Waals surface area contributed by atoms with E-state index in [1.54, 1.807) is 0 Å². The number of rotatable bonds is 8. The monoisotopic (exact) mass is 388 g/mol. The van der Waals surface area contributed by atoms with E-state index in [4.69, 9.17) is 31.4 Å². The van der Waals surface area contributed by atoms with Crippen molar-refractivity contribution in [3.8, 4) is 12.1 Å². The van der Waals surface area contributed by atoms with Gasteiger partial charge in [0.1, 0.15) is 0 Å². The molecule has 25 heavy (non-hydrogen) atoms. The zero-order chi connectivity index (χ0) is 18.1. The molecule has 0 atom stereocenters. The van der Waals surface area contributed by atoms with Crippen LogP contribution in [0.25, 0.3) is 0 Å². The molecular formula is C18H17N2O2PS2. The van der Waals surface area contributed by atoms with E-state index in [9.17, 15) is 0 Å². The third-order valence-corrected chi connectivity index (χ3v) is 5.64. The molecule has 0 aromatic heterocycles. The third-order valence-electron chi connectivity index (χ3n) is 3.40. The summed E-state index contributed by atoms with van der Waals surface area (Å²) in [4.78, 5) is 0. The van der Waals surface area contributed by atoms with E-state index in [0.29, 0.717) is 26.1 Å². The summed E-state index contributed by atoms with van der Waals surface area (Å²) in [5.74, 6) is 0. The zero-order valence-electron chi connectivity index (χ0n) is 13.5. The van der Waals surface area contributed by atoms with Gasteiger partial charge in [0.15, 0.2) is 0 Å². The first kappa shape index (κ1) is 19.7. The van der Waals surface area contributed by atoms with Crippen molar-refractivity contribution in [2.24, 2.45) is 0 Å². The Morgan fingerprint density at radius 1 is 0.760 bits per heavy atom. The molecule has 0 aliphatic heterocycles. The first-order valence-electron chi connectivity index (χ1n) is 7.54. The van der Waals surface area contributed by atoms with Crippen molar-refractivity contribution in [2.75, 3.05) is 0 Å². The lowest BCUT2D eigenvalue weighted by atomic mass is 10.1. The van der Waals surface area contributed by atoms with Gasteiger partial charge < -0.3 is 9.05 Å². The Kier molecular flexibility index (Phi) is 7.65. The number of benzene rings is 2. The second-order valence-corrected chi connectivity index (χ2v) is 10.6. The van der Waals surface area contributed by atoms with E-state index in [-0.39, 0.29) is 0 Å². The number of nitriles is 2. The van der Waals surface area contributed by atoms with E-state index in [2.05, 4.69) is 24.4 Å². The summed E-state index contributed by atoms with van der Waals surface area (Å²) in [5, 5.41) is 17.3. The Balaban J connectivity index is 1.83. The van der Waals surface area contributed by atoms with Crippen LogP contribution in [0.5, 0.6) is 0 Å². The maximum Gasteiger partial charge on any atom is 0.244 e. The van der Waals surface area contributed by atoms with Gasteiger partial charge in [-0.1, -0.05) is 60.8 Å². The van der Waals surface area contributed by atoms with Crippen LogP contribution in [0, 0.1) is 22.7 Å². The summed E-state index contributed by atoms with van der Waals surface area (Å²) >= 11 is 9.67. The number of nitrogens with zero attached hydrogens (tertiary/aromatic N) is 2. The maximum absolute atomic E-state index is 8.67. The van der Waals surface area contributed by atoms with E-state index in [0.717, 1.165) is 22.3 Å². The average Bonchev–Trinajstić information content (AvgIpc) is 2.61. The van der Waals surface area contributed by atoms with Crippen LogP contribution in [-0.4, -0.2) is 0 Å². The molecule has 2 rings (SSSR count). The van der Waals surface area contributed by atoms with Crippen LogP contribution >= 0.6 is 17.9 Å². The Morgan fingerprint density at radius 3 is 1.40 bits per heavy atom. The van der Waals surface area contributed by atoms with Crippen molar-refractivity contribution in [2.45, 2.75) is 26.1 Å². The highest BCUT2D eigenvalue weighted by molar-refractivity contribution is 8.60. The molecule has 4 nitrogen and oxygen atoms in total. The largest absolute Gasteiger partial charge is 0.317 e. The molecule has 0 fully saturated rings. The molecule has 0 heterocycles. The smallest absolute Gasteiger partial charge is 0.244 e. The summed E-state index contributed by atoms with van der Waals surface area (Å²) in [6, 6.07) is 19.4. The predicted octanol–water partition coefficient (Wildman–Crippen LogP) is 4.71. The summed E-state index contributed by atoms with van der Waals surface area (Å²) < 4.78 is 11.3. The van der Waals surface area contributed by atoms with Crippen molar-refractivity contribution < 1.29 is 9.05 Å². The molecule has 0 aliphatic rings. The van der Waals surface area contributed by atoms with E-state index in [1.165, 1.54) is 0 Å². The minimum atomic E-state index is -2.65. The molecule has 7 heteroatoms. The Morgan fingerprint density at radius 2 is 1.08 bits per heavy atom. The third kappa shape index (κ3) is 7.00. The molecule has 2 aromatic rings. The minimum absolute atomic E-state index is 0.314. The van der Waals surface area contributed by atoms with Crippen LogP contribution in [-0.2, 0) is 46.9 Å². The van der Waals surface area contributed by atoms with E-state index < -0.39 is 5.69 Å². The van der Waals surface area contributed by atoms with E-state index >= 15 is 0 Å². The summed E-state index contributed by atoms with van der Waals surface area (Å²) in [5.41, 5.74) is 1.19. The molecule has 0 bridgehead atoms. The van der Waals surface area contributed by atoms with Gasteiger partial charge >= 0.3 is 0 Å². The van der Waals surface area contributed by atoms with Gasteiger partial charge in [-0.15, -0.1) is 0 Å². The molecule has 128 valence electrons. The van der Waals surface area contributed by atoms with Gasteiger partial charge in [-0.2, -0.15) is 10.5 Å². The lowest BCUT2D eigenvalue weighted by molar-refractivity contribution is 0.246. The van der Waals surface area contributed by atoms with Crippen LogP contribution in [0.15, 0.2) is 48.5 Å². The lowest BCUT2D eigenvalue weighted by Gasteiger charge is -2.17. The molecule has 0 unspecified atom stereocenters. The molecular weight excluding hydrogens is 371 g/mol. The van der Waals surface area contributed by atoms with Gasteiger partial charge in [0, 0.05) is 0 Å². The number of thiol groups is 1. The number of hydrogen-bond donors (Lipinski definition) is 1. The average molecular weight is 388 g/mol. The van der Waals surface area contributed by atoms with Gasteiger partial charge in [-0.3, -0.25) is 0 Å². The topological polar surface area (TPSA) is 66.0 Å². The van der Waals surface area contributed by atoms with Crippen molar-refractivity contribution in [1.82, 2.24) is 0 Å². The van der Waals surface area contributed by atoms with Gasteiger partial charge in [0.05, 0.1) is 38.2 Å². The van der Waals surface area contributed by atoms with Crippen LogP contribution in [0.1, 0.15) is 22.3 Å². The predicted molar refractivity (Wildman–Crippen MR) is 104 cm³/mol. The van der Waals surface area contributed by atoms with Gasteiger partial charge in [-0.05, 0) is 34.1 Å². The molecule has 0 N–H and O–H groups in total. The second-order valence-electron chi connectivity index (χ2n) is 5.32. The Bertz CT molecular complexity index is 757. The van der Waals surface area contributed by atoms with Crippen molar-refractivity contribution in [3.63, 3.8) is 0 Å². The Hall–Kier alpha value is -1.66. The van der Waals surface area contributed by atoms with Crippen LogP contribution in [0.3, 0.4) is 0 Å². The standard InChI is InChI=1S/C18H17N2O2PS2/c19-11-9-15-1-5-17(6-2-15)13-21-23(24,25)22-14-18-7-3-16(4-8-18)10-12-20/h1-8H,9-10,13-14H2,(H,24,25). The first-order valence-corrected chi connectivity index (χ1v) is 11.3. The van der Waals surface area contributed by atoms with E-state index in [1.807, 2.05) is 48.5 Å². The van der Waals surface area contributed by atoms with Crippen LogP contribution < -0.4 is 0 Å². The minimum Gasteiger partial charge on any atom is -0.317 e. The molecule has 0 saturated heterocycles. The van der Waals surface area contributed by atoms with Crippen molar-refractivity contribution in [1.29, 1.82) is 10.5 Å². The van der Waals surface area contributed by atoms with Crippen LogP contribution in [0.4, 0.5) is 0 Å². The highest BCUT2D eigenvalue weighted by Gasteiger charge is 2.13. The fraction of sp³-hybridized carbons (Fsp3) is 0.222. The molecule has 0 amide bonds.